The normalized spacial score (nSPS) is 20.1. The Bertz CT molecular complexity index is 865. The number of aryl methyl sites for hydroxylation is 2. The first-order chi connectivity index (χ1) is 12.4. The molecule has 1 aliphatic rings. The number of rotatable bonds is 3. The second-order valence-corrected chi connectivity index (χ2v) is 7.33. The van der Waals surface area contributed by atoms with Crippen molar-refractivity contribution in [1.29, 1.82) is 0 Å². The van der Waals surface area contributed by atoms with Crippen LogP contribution in [0.2, 0.25) is 5.02 Å². The van der Waals surface area contributed by atoms with Crippen molar-refractivity contribution in [3.63, 3.8) is 0 Å². The number of nitrogens with zero attached hydrogens (tertiary/aromatic N) is 2. The first kappa shape index (κ1) is 18.6. The molecule has 1 fully saturated rings. The Balaban J connectivity index is 2.12. The van der Waals surface area contributed by atoms with Gasteiger partial charge in [0.25, 0.3) is 5.91 Å². The van der Waals surface area contributed by atoms with Gasteiger partial charge in [0.15, 0.2) is 5.78 Å². The first-order valence-electron chi connectivity index (χ1n) is 8.88. The molecule has 0 spiro atoms. The van der Waals surface area contributed by atoms with Crippen molar-refractivity contribution in [2.45, 2.75) is 45.1 Å². The maximum atomic E-state index is 13.3. The van der Waals surface area contributed by atoms with Crippen LogP contribution in [0.25, 0.3) is 0 Å². The molecule has 0 bridgehead atoms. The highest BCUT2D eigenvalue weighted by molar-refractivity contribution is 6.31. The largest absolute Gasteiger partial charge is 0.325 e. The molecule has 3 rings (SSSR count). The zero-order valence-corrected chi connectivity index (χ0v) is 16.1. The number of halogens is 1. The Hall–Kier alpha value is -2.20. The number of aromatic nitrogens is 1. The van der Waals surface area contributed by atoms with Crippen LogP contribution >= 0.6 is 11.6 Å². The van der Waals surface area contributed by atoms with Crippen molar-refractivity contribution in [2.24, 2.45) is 0 Å². The van der Waals surface area contributed by atoms with E-state index in [9.17, 15) is 9.59 Å². The lowest BCUT2D eigenvalue weighted by Crippen LogP contribution is -2.54. The fourth-order valence-corrected chi connectivity index (χ4v) is 4.19. The molecule has 136 valence electrons. The molecule has 1 unspecified atom stereocenters. The van der Waals surface area contributed by atoms with Gasteiger partial charge >= 0.3 is 0 Å². The van der Waals surface area contributed by atoms with Gasteiger partial charge in [-0.3, -0.25) is 14.6 Å². The summed E-state index contributed by atoms with van der Waals surface area (Å²) in [6.45, 7) is 3.71. The Morgan fingerprint density at radius 2 is 1.88 bits per heavy atom. The average molecular weight is 371 g/mol. The van der Waals surface area contributed by atoms with E-state index < -0.39 is 5.54 Å². The number of hydrogen-bond acceptors (Lipinski definition) is 3. The van der Waals surface area contributed by atoms with E-state index in [2.05, 4.69) is 4.98 Å². The molecule has 1 saturated carbocycles. The van der Waals surface area contributed by atoms with Gasteiger partial charge in [-0.05, 0) is 51.3 Å². The lowest BCUT2D eigenvalue weighted by Gasteiger charge is -2.44. The van der Waals surface area contributed by atoms with Crippen molar-refractivity contribution in [3.8, 4) is 0 Å². The maximum absolute atomic E-state index is 13.3. The summed E-state index contributed by atoms with van der Waals surface area (Å²) in [5.74, 6) is -0.157. The molecule has 0 N–H and O–H groups in total. The molecule has 2 aromatic rings. The Kier molecular flexibility index (Phi) is 5.15. The van der Waals surface area contributed by atoms with Crippen LogP contribution in [0.15, 0.2) is 36.4 Å². The number of hydrogen-bond donors (Lipinski definition) is 0. The SMILES string of the molecule is Cc1ccc(C(=O)N(C)C2(c3ccccc3Cl)CCCCC2=O)c(C)n1. The number of likely N-dealkylation sites (N-methyl/N-ethyl adjacent to an activating group) is 1. The van der Waals surface area contributed by atoms with Gasteiger partial charge in [-0.1, -0.05) is 29.8 Å². The molecular formula is C21H23ClN2O2. The smallest absolute Gasteiger partial charge is 0.256 e. The fourth-order valence-electron chi connectivity index (χ4n) is 3.90. The lowest BCUT2D eigenvalue weighted by atomic mass is 9.74. The van der Waals surface area contributed by atoms with Crippen LogP contribution in [0.3, 0.4) is 0 Å². The van der Waals surface area contributed by atoms with Gasteiger partial charge in [0, 0.05) is 29.7 Å². The van der Waals surface area contributed by atoms with Gasteiger partial charge < -0.3 is 4.90 Å². The minimum absolute atomic E-state index is 0.0467. The van der Waals surface area contributed by atoms with E-state index in [1.165, 1.54) is 0 Å². The number of Topliss-reactive ketones (excluding diaryl/α,β-unsaturated/α-hetero) is 1. The lowest BCUT2D eigenvalue weighted by molar-refractivity contribution is -0.132. The summed E-state index contributed by atoms with van der Waals surface area (Å²) in [7, 11) is 1.70. The highest BCUT2D eigenvalue weighted by Crippen LogP contribution is 2.42. The number of pyridine rings is 1. The van der Waals surface area contributed by atoms with Crippen LogP contribution < -0.4 is 0 Å². The third-order valence-corrected chi connectivity index (χ3v) is 5.64. The highest BCUT2D eigenvalue weighted by Gasteiger charge is 2.48. The molecule has 0 radical (unpaired) electrons. The summed E-state index contributed by atoms with van der Waals surface area (Å²) in [6, 6.07) is 10.9. The predicted octanol–water partition coefficient (Wildman–Crippen LogP) is 4.46. The summed E-state index contributed by atoms with van der Waals surface area (Å²) in [5, 5.41) is 0.515. The summed E-state index contributed by atoms with van der Waals surface area (Å²) < 4.78 is 0. The van der Waals surface area contributed by atoms with Crippen LogP contribution in [-0.2, 0) is 10.3 Å². The predicted molar refractivity (Wildman–Crippen MR) is 102 cm³/mol. The topological polar surface area (TPSA) is 50.3 Å². The van der Waals surface area contributed by atoms with E-state index in [1.807, 2.05) is 38.1 Å². The van der Waals surface area contributed by atoms with E-state index in [0.29, 0.717) is 34.7 Å². The van der Waals surface area contributed by atoms with Crippen LogP contribution in [-0.4, -0.2) is 28.6 Å². The number of amides is 1. The third-order valence-electron chi connectivity index (χ3n) is 5.31. The highest BCUT2D eigenvalue weighted by atomic mass is 35.5. The summed E-state index contributed by atoms with van der Waals surface area (Å²) in [5.41, 5.74) is 1.73. The molecule has 1 aromatic carbocycles. The third kappa shape index (κ3) is 3.03. The number of benzene rings is 1. The molecular weight excluding hydrogens is 348 g/mol. The van der Waals surface area contributed by atoms with Crippen LogP contribution in [0.5, 0.6) is 0 Å². The molecule has 1 aromatic heterocycles. The molecule has 1 amide bonds. The Labute approximate surface area is 159 Å². The van der Waals surface area contributed by atoms with Gasteiger partial charge in [0.2, 0.25) is 0 Å². The second-order valence-electron chi connectivity index (χ2n) is 6.92. The van der Waals surface area contributed by atoms with Gasteiger partial charge in [0.05, 0.1) is 11.3 Å². The minimum atomic E-state index is -1.02. The summed E-state index contributed by atoms with van der Waals surface area (Å²) >= 11 is 6.46. The van der Waals surface area contributed by atoms with Crippen molar-refractivity contribution in [3.05, 3.63) is 63.9 Å². The molecule has 0 aliphatic heterocycles. The van der Waals surface area contributed by atoms with Crippen molar-refractivity contribution < 1.29 is 9.59 Å². The molecule has 1 heterocycles. The molecule has 1 atom stereocenters. The Morgan fingerprint density at radius 3 is 2.54 bits per heavy atom. The van der Waals surface area contributed by atoms with Crippen LogP contribution in [0, 0.1) is 13.8 Å². The van der Waals surface area contributed by atoms with E-state index in [4.69, 9.17) is 11.6 Å². The first-order valence-corrected chi connectivity index (χ1v) is 9.26. The number of ketones is 1. The van der Waals surface area contributed by atoms with E-state index >= 15 is 0 Å². The van der Waals surface area contributed by atoms with Gasteiger partial charge in [-0.15, -0.1) is 0 Å². The number of carbonyl (C=O) groups is 2. The fraction of sp³-hybridized carbons (Fsp3) is 0.381. The van der Waals surface area contributed by atoms with Crippen molar-refractivity contribution >= 4 is 23.3 Å². The number of carbonyl (C=O) groups excluding carboxylic acids is 2. The van der Waals surface area contributed by atoms with Crippen LogP contribution in [0.4, 0.5) is 0 Å². The molecule has 26 heavy (non-hydrogen) atoms. The van der Waals surface area contributed by atoms with Gasteiger partial charge in [0.1, 0.15) is 5.54 Å². The van der Waals surface area contributed by atoms with Crippen molar-refractivity contribution in [1.82, 2.24) is 9.88 Å². The van der Waals surface area contributed by atoms with E-state index in [0.717, 1.165) is 18.5 Å². The van der Waals surface area contributed by atoms with Gasteiger partial charge in [-0.2, -0.15) is 0 Å². The summed E-state index contributed by atoms with van der Waals surface area (Å²) in [6.07, 6.45) is 2.75. The quantitative estimate of drug-likeness (QED) is 0.801. The maximum Gasteiger partial charge on any atom is 0.256 e. The Morgan fingerprint density at radius 1 is 1.15 bits per heavy atom. The van der Waals surface area contributed by atoms with E-state index in [-0.39, 0.29) is 11.7 Å². The minimum Gasteiger partial charge on any atom is -0.325 e. The summed E-state index contributed by atoms with van der Waals surface area (Å²) in [4.78, 5) is 32.4. The van der Waals surface area contributed by atoms with Crippen molar-refractivity contribution in [2.75, 3.05) is 7.05 Å². The zero-order chi connectivity index (χ0) is 18.9. The average Bonchev–Trinajstić information content (AvgIpc) is 2.62. The monoisotopic (exact) mass is 370 g/mol. The standard InChI is InChI=1S/C21H23ClN2O2/c1-14-11-12-16(15(2)23-14)20(26)24(3)21(13-7-6-10-19(21)25)17-8-4-5-9-18(17)22/h4-5,8-9,11-12H,6-7,10,13H2,1-3H3. The second kappa shape index (κ2) is 7.20. The molecule has 0 saturated heterocycles. The molecule has 4 nitrogen and oxygen atoms in total. The molecule has 1 aliphatic carbocycles. The molecule has 5 heteroatoms. The zero-order valence-electron chi connectivity index (χ0n) is 15.4. The van der Waals surface area contributed by atoms with E-state index in [1.54, 1.807) is 24.1 Å². The van der Waals surface area contributed by atoms with Gasteiger partial charge in [-0.25, -0.2) is 0 Å². The van der Waals surface area contributed by atoms with Crippen LogP contribution in [0.1, 0.15) is 53.0 Å².